The van der Waals surface area contributed by atoms with E-state index in [4.69, 9.17) is 0 Å². The zero-order valence-corrected chi connectivity index (χ0v) is 6.97. The van der Waals surface area contributed by atoms with E-state index in [0.29, 0.717) is 0 Å². The molecule has 0 spiro atoms. The Hall–Kier alpha value is 0.480. The summed E-state index contributed by atoms with van der Waals surface area (Å²) < 4.78 is 0. The Bertz CT molecular complexity index is 144. The van der Waals surface area contributed by atoms with Crippen LogP contribution in [0.1, 0.15) is 19.3 Å². The largest absolute Gasteiger partial charge is 0.0885 e. The van der Waals surface area contributed by atoms with Crippen molar-refractivity contribution in [3.8, 4) is 0 Å². The van der Waals surface area contributed by atoms with E-state index < -0.39 is 0 Å². The highest BCUT2D eigenvalue weighted by Crippen LogP contribution is 2.65. The van der Waals surface area contributed by atoms with E-state index in [2.05, 4.69) is 15.9 Å². The first-order valence-corrected chi connectivity index (χ1v) is 4.92. The fourth-order valence-corrected chi connectivity index (χ4v) is 4.34. The van der Waals surface area contributed by atoms with Crippen molar-refractivity contribution in [3.63, 3.8) is 0 Å². The van der Waals surface area contributed by atoms with Crippen LogP contribution in [-0.2, 0) is 0 Å². The smallest absolute Gasteiger partial charge is 0.0205 e. The molecule has 9 heavy (non-hydrogen) atoms. The van der Waals surface area contributed by atoms with Gasteiger partial charge in [0.15, 0.2) is 0 Å². The zero-order chi connectivity index (χ0) is 6.01. The Labute approximate surface area is 64.1 Å². The summed E-state index contributed by atoms with van der Waals surface area (Å²) in [5.41, 5.74) is 0. The van der Waals surface area contributed by atoms with Crippen LogP contribution in [-0.4, -0.2) is 4.83 Å². The number of rotatable bonds is 0. The Morgan fingerprint density at radius 2 is 1.67 bits per heavy atom. The molecule has 0 amide bonds. The van der Waals surface area contributed by atoms with Gasteiger partial charge >= 0.3 is 0 Å². The molecule has 0 aromatic rings. The van der Waals surface area contributed by atoms with Crippen LogP contribution >= 0.6 is 15.9 Å². The maximum Gasteiger partial charge on any atom is 0.0205 e. The van der Waals surface area contributed by atoms with Gasteiger partial charge in [-0.25, -0.2) is 0 Å². The minimum atomic E-state index is 0.924. The summed E-state index contributed by atoms with van der Waals surface area (Å²) >= 11 is 3.80. The summed E-state index contributed by atoms with van der Waals surface area (Å²) in [4.78, 5) is 0.924. The minimum Gasteiger partial charge on any atom is -0.0885 e. The van der Waals surface area contributed by atoms with Gasteiger partial charge in [0, 0.05) is 4.83 Å². The minimum absolute atomic E-state index is 0.924. The molecule has 50 valence electrons. The predicted molar refractivity (Wildman–Crippen MR) is 40.5 cm³/mol. The van der Waals surface area contributed by atoms with Crippen LogP contribution < -0.4 is 0 Å². The Morgan fingerprint density at radius 1 is 0.889 bits per heavy atom. The molecule has 0 heterocycles. The monoisotopic (exact) mass is 186 g/mol. The summed E-state index contributed by atoms with van der Waals surface area (Å²) in [6, 6.07) is 0. The molecule has 3 fully saturated rings. The lowest BCUT2D eigenvalue weighted by Crippen LogP contribution is -2.39. The summed E-state index contributed by atoms with van der Waals surface area (Å²) in [6.07, 6.45) is 4.67. The maximum absolute atomic E-state index is 3.80. The van der Waals surface area contributed by atoms with Crippen molar-refractivity contribution in [3.05, 3.63) is 0 Å². The SMILES string of the molecule is BrC1C2CC3CC1C3C2. The molecule has 0 saturated heterocycles. The molecule has 3 aliphatic rings. The van der Waals surface area contributed by atoms with Crippen molar-refractivity contribution in [1.82, 2.24) is 0 Å². The highest BCUT2D eigenvalue weighted by atomic mass is 79.9. The van der Waals surface area contributed by atoms with Crippen LogP contribution in [0.15, 0.2) is 0 Å². The first-order chi connectivity index (χ1) is 4.36. The van der Waals surface area contributed by atoms with E-state index in [1.807, 2.05) is 0 Å². The molecule has 3 saturated carbocycles. The molecule has 3 rings (SSSR count). The quantitative estimate of drug-likeness (QED) is 0.511. The summed E-state index contributed by atoms with van der Waals surface area (Å²) in [7, 11) is 0. The summed E-state index contributed by atoms with van der Waals surface area (Å²) in [6.45, 7) is 0. The lowest BCUT2D eigenvalue weighted by molar-refractivity contribution is 0.0922. The maximum atomic E-state index is 3.80. The van der Waals surface area contributed by atoms with Crippen LogP contribution in [0.25, 0.3) is 0 Å². The fourth-order valence-electron chi connectivity index (χ4n) is 3.30. The van der Waals surface area contributed by atoms with Crippen LogP contribution in [0.5, 0.6) is 0 Å². The number of fused-ring (bicyclic) bond motifs is 1. The van der Waals surface area contributed by atoms with Crippen molar-refractivity contribution in [2.75, 3.05) is 0 Å². The Balaban J connectivity index is 2.00. The fraction of sp³-hybridized carbons (Fsp3) is 1.00. The first kappa shape index (κ1) is 5.17. The normalized spacial score (nSPS) is 68.3. The lowest BCUT2D eigenvalue weighted by atomic mass is 9.64. The number of halogens is 1. The molecule has 3 aliphatic carbocycles. The zero-order valence-electron chi connectivity index (χ0n) is 5.39. The van der Waals surface area contributed by atoms with E-state index in [9.17, 15) is 0 Å². The molecule has 5 atom stereocenters. The van der Waals surface area contributed by atoms with Crippen LogP contribution in [0.3, 0.4) is 0 Å². The molecular weight excluding hydrogens is 176 g/mol. The van der Waals surface area contributed by atoms with Gasteiger partial charge in [-0.05, 0) is 42.9 Å². The van der Waals surface area contributed by atoms with E-state index in [0.717, 1.165) is 16.7 Å². The second-order valence-corrected chi connectivity index (χ2v) is 5.06. The number of alkyl halides is 1. The van der Waals surface area contributed by atoms with E-state index in [1.54, 1.807) is 19.3 Å². The number of hydrogen-bond donors (Lipinski definition) is 0. The molecule has 1 heteroatoms. The number of hydrogen-bond acceptors (Lipinski definition) is 0. The molecule has 0 nitrogen and oxygen atoms in total. The summed E-state index contributed by atoms with van der Waals surface area (Å²) in [5.74, 6) is 4.53. The lowest BCUT2D eigenvalue weighted by Gasteiger charge is -2.44. The first-order valence-electron chi connectivity index (χ1n) is 4.00. The molecule has 0 aliphatic heterocycles. The van der Waals surface area contributed by atoms with E-state index >= 15 is 0 Å². The van der Waals surface area contributed by atoms with Crippen LogP contribution in [0.2, 0.25) is 0 Å². The summed E-state index contributed by atoms with van der Waals surface area (Å²) in [5, 5.41) is 0. The molecule has 2 bridgehead atoms. The van der Waals surface area contributed by atoms with Crippen molar-refractivity contribution in [1.29, 1.82) is 0 Å². The molecular formula is C8H11Br. The van der Waals surface area contributed by atoms with Gasteiger partial charge in [0.1, 0.15) is 0 Å². The highest BCUT2D eigenvalue weighted by Gasteiger charge is 2.58. The van der Waals surface area contributed by atoms with Gasteiger partial charge in [0.2, 0.25) is 0 Å². The van der Waals surface area contributed by atoms with Gasteiger partial charge in [-0.1, -0.05) is 15.9 Å². The molecule has 5 unspecified atom stereocenters. The predicted octanol–water partition coefficient (Wildman–Crippen LogP) is 2.43. The average molecular weight is 187 g/mol. The third kappa shape index (κ3) is 0.439. The second kappa shape index (κ2) is 1.39. The standard InChI is InChI=1S/C8H11Br/c9-8-5-1-4-2-7(8)6(4)3-5/h4-8H,1-3H2. The second-order valence-electron chi connectivity index (χ2n) is 4.00. The molecule has 0 aromatic heterocycles. The third-order valence-corrected chi connectivity index (χ3v) is 5.20. The molecule has 0 N–H and O–H groups in total. The Kier molecular flexibility index (Phi) is 0.798. The van der Waals surface area contributed by atoms with Gasteiger partial charge in [-0.3, -0.25) is 0 Å². The topological polar surface area (TPSA) is 0 Å². The average Bonchev–Trinajstić information content (AvgIpc) is 2.20. The Morgan fingerprint density at radius 3 is 2.00 bits per heavy atom. The van der Waals surface area contributed by atoms with Crippen molar-refractivity contribution in [2.45, 2.75) is 24.1 Å². The van der Waals surface area contributed by atoms with Crippen LogP contribution in [0, 0.1) is 23.7 Å². The van der Waals surface area contributed by atoms with E-state index in [-0.39, 0.29) is 0 Å². The van der Waals surface area contributed by atoms with E-state index in [1.165, 1.54) is 11.8 Å². The van der Waals surface area contributed by atoms with Crippen LogP contribution in [0.4, 0.5) is 0 Å². The van der Waals surface area contributed by atoms with Gasteiger partial charge in [-0.2, -0.15) is 0 Å². The van der Waals surface area contributed by atoms with Crippen molar-refractivity contribution >= 4 is 15.9 Å². The van der Waals surface area contributed by atoms with Gasteiger partial charge < -0.3 is 0 Å². The van der Waals surface area contributed by atoms with Crippen molar-refractivity contribution < 1.29 is 0 Å². The third-order valence-electron chi connectivity index (χ3n) is 3.77. The van der Waals surface area contributed by atoms with Gasteiger partial charge in [-0.15, -0.1) is 0 Å². The highest BCUT2D eigenvalue weighted by molar-refractivity contribution is 9.09. The van der Waals surface area contributed by atoms with Gasteiger partial charge in [0.05, 0.1) is 0 Å². The van der Waals surface area contributed by atoms with Gasteiger partial charge in [0.25, 0.3) is 0 Å². The molecule has 0 aromatic carbocycles. The van der Waals surface area contributed by atoms with Crippen molar-refractivity contribution in [2.24, 2.45) is 23.7 Å². The molecule has 0 radical (unpaired) electrons.